The molecule has 0 aromatic rings. The van der Waals surface area contributed by atoms with Crippen LogP contribution in [0.5, 0.6) is 0 Å². The van der Waals surface area contributed by atoms with Crippen molar-refractivity contribution in [2.75, 3.05) is 14.1 Å². The van der Waals surface area contributed by atoms with E-state index in [0.717, 1.165) is 0 Å². The van der Waals surface area contributed by atoms with Gasteiger partial charge in [0.15, 0.2) is 0 Å². The fraction of sp³-hybridized carbons (Fsp3) is 0.571. The summed E-state index contributed by atoms with van der Waals surface area (Å²) in [6.07, 6.45) is 0.666. The molecule has 0 saturated heterocycles. The van der Waals surface area contributed by atoms with Crippen molar-refractivity contribution in [2.45, 2.75) is 12.8 Å². The van der Waals surface area contributed by atoms with E-state index in [1.54, 1.807) is 14.1 Å². The second-order valence-electron chi connectivity index (χ2n) is 2.36. The van der Waals surface area contributed by atoms with Gasteiger partial charge in [-0.2, -0.15) is 0 Å². The number of ketones is 1. The molecule has 0 aromatic carbocycles. The lowest BCUT2D eigenvalue weighted by molar-refractivity contribution is -0.140. The maximum absolute atomic E-state index is 10.8. The zero-order valence-electron chi connectivity index (χ0n) is 6.89. The van der Waals surface area contributed by atoms with Gasteiger partial charge in [-0.1, -0.05) is 6.92 Å². The molecule has 4 nitrogen and oxygen atoms in total. The Balaban J connectivity index is 3.74. The molecule has 0 aliphatic rings. The molecule has 0 atom stereocenters. The first-order valence-corrected chi connectivity index (χ1v) is 3.38. The van der Waals surface area contributed by atoms with Crippen LogP contribution in [0.1, 0.15) is 12.8 Å². The van der Waals surface area contributed by atoms with Crippen LogP contribution in [-0.2, 0) is 9.59 Å². The number of amides is 1. The minimum atomic E-state index is -0.571. The Morgan fingerprint density at radius 1 is 1.45 bits per heavy atom. The lowest BCUT2D eigenvalue weighted by atomic mass is 10.2. The molecule has 0 aromatic heterocycles. The van der Waals surface area contributed by atoms with E-state index in [1.807, 2.05) is 0 Å². The number of nitrogens with one attached hydrogen (secondary N) is 1. The first kappa shape index (κ1) is 10.1. The van der Waals surface area contributed by atoms with Crippen LogP contribution < -0.4 is 5.43 Å². The van der Waals surface area contributed by atoms with Crippen LogP contribution >= 0.6 is 0 Å². The molecule has 0 saturated carbocycles. The average Bonchev–Trinajstić information content (AvgIpc) is 1.86. The molecule has 1 radical (unpaired) electrons. The van der Waals surface area contributed by atoms with Crippen LogP contribution in [0.4, 0.5) is 0 Å². The molecule has 1 amide bonds. The van der Waals surface area contributed by atoms with Gasteiger partial charge in [0.05, 0.1) is 0 Å². The second kappa shape index (κ2) is 4.85. The van der Waals surface area contributed by atoms with Gasteiger partial charge in [0, 0.05) is 20.5 Å². The lowest BCUT2D eigenvalue weighted by Crippen LogP contribution is -2.40. The minimum Gasteiger partial charge on any atom is -0.289 e. The molecular formula is C7H13N2O2. The van der Waals surface area contributed by atoms with Crippen LogP contribution in [0, 0.1) is 6.92 Å². The van der Waals surface area contributed by atoms with Crippen molar-refractivity contribution in [3.05, 3.63) is 6.92 Å². The first-order valence-electron chi connectivity index (χ1n) is 3.38. The van der Waals surface area contributed by atoms with Gasteiger partial charge in [-0.05, 0) is 6.42 Å². The molecule has 0 rings (SSSR count). The van der Waals surface area contributed by atoms with Crippen molar-refractivity contribution in [1.29, 1.82) is 0 Å². The smallest absolute Gasteiger partial charge is 0.289 e. The van der Waals surface area contributed by atoms with Crippen LogP contribution in [0.15, 0.2) is 0 Å². The van der Waals surface area contributed by atoms with Gasteiger partial charge in [0.25, 0.3) is 0 Å². The number of Topliss-reactive ketones (excluding diaryl/α,β-unsaturated/α-hetero) is 1. The normalized spacial score (nSPS) is 9.82. The number of hydrogen-bond donors (Lipinski definition) is 1. The maximum atomic E-state index is 10.8. The van der Waals surface area contributed by atoms with Crippen LogP contribution in [0.3, 0.4) is 0 Å². The van der Waals surface area contributed by atoms with Gasteiger partial charge >= 0.3 is 5.91 Å². The van der Waals surface area contributed by atoms with E-state index in [2.05, 4.69) is 12.3 Å². The maximum Gasteiger partial charge on any atom is 0.301 e. The second-order valence-corrected chi connectivity index (χ2v) is 2.36. The molecule has 0 bridgehead atoms. The zero-order chi connectivity index (χ0) is 8.85. The summed E-state index contributed by atoms with van der Waals surface area (Å²) < 4.78 is 0. The first-order chi connectivity index (χ1) is 5.07. The molecule has 0 aliphatic heterocycles. The molecule has 0 fully saturated rings. The van der Waals surface area contributed by atoms with E-state index < -0.39 is 11.7 Å². The zero-order valence-corrected chi connectivity index (χ0v) is 6.89. The Kier molecular flexibility index (Phi) is 4.45. The van der Waals surface area contributed by atoms with Gasteiger partial charge in [-0.15, -0.1) is 0 Å². The molecule has 0 heterocycles. The van der Waals surface area contributed by atoms with E-state index >= 15 is 0 Å². The van der Waals surface area contributed by atoms with Crippen molar-refractivity contribution in [3.8, 4) is 0 Å². The fourth-order valence-electron chi connectivity index (χ4n) is 0.540. The molecule has 0 spiro atoms. The molecular weight excluding hydrogens is 144 g/mol. The van der Waals surface area contributed by atoms with Crippen molar-refractivity contribution in [2.24, 2.45) is 0 Å². The highest BCUT2D eigenvalue weighted by Gasteiger charge is 2.11. The van der Waals surface area contributed by atoms with E-state index in [4.69, 9.17) is 0 Å². The fourth-order valence-corrected chi connectivity index (χ4v) is 0.540. The topological polar surface area (TPSA) is 49.4 Å². The molecule has 1 N–H and O–H groups in total. The summed E-state index contributed by atoms with van der Waals surface area (Å²) in [6.45, 7) is 3.47. The number of carbonyl (C=O) groups excluding carboxylic acids is 2. The lowest BCUT2D eigenvalue weighted by Gasteiger charge is -2.09. The summed E-state index contributed by atoms with van der Waals surface area (Å²) in [7, 11) is 3.30. The van der Waals surface area contributed by atoms with Crippen LogP contribution in [0.25, 0.3) is 0 Å². The largest absolute Gasteiger partial charge is 0.301 e. The van der Waals surface area contributed by atoms with Crippen molar-refractivity contribution >= 4 is 11.7 Å². The van der Waals surface area contributed by atoms with Gasteiger partial charge < -0.3 is 0 Å². The summed E-state index contributed by atoms with van der Waals surface area (Å²) in [5.74, 6) is -0.993. The number of hydrazine groups is 1. The van der Waals surface area contributed by atoms with E-state index in [9.17, 15) is 9.59 Å². The summed E-state index contributed by atoms with van der Waals surface area (Å²) in [5.41, 5.74) is 2.34. The summed E-state index contributed by atoms with van der Waals surface area (Å²) in [4.78, 5) is 21.6. The van der Waals surface area contributed by atoms with Crippen molar-refractivity contribution < 1.29 is 9.59 Å². The van der Waals surface area contributed by atoms with Crippen molar-refractivity contribution in [3.63, 3.8) is 0 Å². The SMILES string of the molecule is [CH2]CCC(=O)C(=O)NN(C)C. The van der Waals surface area contributed by atoms with Gasteiger partial charge in [-0.25, -0.2) is 5.01 Å². The highest BCUT2D eigenvalue weighted by atomic mass is 16.2. The highest BCUT2D eigenvalue weighted by Crippen LogP contribution is 1.87. The van der Waals surface area contributed by atoms with Gasteiger partial charge in [0.2, 0.25) is 5.78 Å². The molecule has 4 heteroatoms. The molecule has 63 valence electrons. The number of rotatable bonds is 4. The third-order valence-corrected chi connectivity index (χ3v) is 0.982. The Labute approximate surface area is 66.5 Å². The molecule has 11 heavy (non-hydrogen) atoms. The Morgan fingerprint density at radius 3 is 2.36 bits per heavy atom. The summed E-state index contributed by atoms with van der Waals surface area (Å²) >= 11 is 0. The summed E-state index contributed by atoms with van der Waals surface area (Å²) in [5, 5.41) is 1.43. The Hall–Kier alpha value is -0.900. The molecule has 0 unspecified atom stereocenters. The Morgan fingerprint density at radius 2 is 2.00 bits per heavy atom. The van der Waals surface area contributed by atoms with Crippen LogP contribution in [-0.4, -0.2) is 30.8 Å². The third-order valence-electron chi connectivity index (χ3n) is 0.982. The average molecular weight is 157 g/mol. The Bertz CT molecular complexity index is 155. The number of carbonyl (C=O) groups is 2. The van der Waals surface area contributed by atoms with E-state index in [0.29, 0.717) is 6.42 Å². The predicted molar refractivity (Wildman–Crippen MR) is 41.4 cm³/mol. The summed E-state index contributed by atoms with van der Waals surface area (Å²) in [6, 6.07) is 0. The molecule has 0 aliphatic carbocycles. The minimum absolute atomic E-state index is 0.208. The van der Waals surface area contributed by atoms with Crippen LogP contribution in [0.2, 0.25) is 0 Å². The third kappa shape index (κ3) is 4.50. The number of hydrogen-bond acceptors (Lipinski definition) is 3. The predicted octanol–water partition coefficient (Wildman–Crippen LogP) is -0.237. The van der Waals surface area contributed by atoms with Gasteiger partial charge in [0.1, 0.15) is 0 Å². The van der Waals surface area contributed by atoms with Gasteiger partial charge in [-0.3, -0.25) is 15.0 Å². The number of nitrogens with zero attached hydrogens (tertiary/aromatic N) is 1. The van der Waals surface area contributed by atoms with Crippen molar-refractivity contribution in [1.82, 2.24) is 10.4 Å². The monoisotopic (exact) mass is 157 g/mol. The quantitative estimate of drug-likeness (QED) is 0.452. The van der Waals surface area contributed by atoms with E-state index in [1.165, 1.54) is 5.01 Å². The highest BCUT2D eigenvalue weighted by molar-refractivity contribution is 6.35. The van der Waals surface area contributed by atoms with E-state index in [-0.39, 0.29) is 6.42 Å². The standard InChI is InChI=1S/C7H13N2O2/c1-4-5-6(10)7(11)8-9(2)3/h1,4-5H2,2-3H3,(H,8,11).